The maximum absolute atomic E-state index is 10.7. The highest BCUT2D eigenvalue weighted by molar-refractivity contribution is 5.73. The van der Waals surface area contributed by atoms with Crippen LogP contribution in [0.15, 0.2) is 18.5 Å². The Balaban J connectivity index is 2.71. The number of nitrogens with one attached hydrogen (secondary N) is 1. The molecule has 1 atom stereocenters. The molecular weight excluding hydrogens is 178 g/mol. The Morgan fingerprint density at radius 3 is 2.93 bits per heavy atom. The van der Waals surface area contributed by atoms with E-state index in [0.717, 1.165) is 6.42 Å². The van der Waals surface area contributed by atoms with Crippen LogP contribution in [0.2, 0.25) is 0 Å². The van der Waals surface area contributed by atoms with Crippen molar-refractivity contribution in [1.29, 1.82) is 0 Å². The zero-order chi connectivity index (χ0) is 10.6. The molecule has 0 radical (unpaired) electrons. The minimum atomic E-state index is -0.315. The third-order valence-electron chi connectivity index (χ3n) is 2.27. The highest BCUT2D eigenvalue weighted by Crippen LogP contribution is 2.15. The van der Waals surface area contributed by atoms with Crippen LogP contribution in [0.1, 0.15) is 24.9 Å². The van der Waals surface area contributed by atoms with Gasteiger partial charge in [-0.2, -0.15) is 0 Å². The fourth-order valence-electron chi connectivity index (χ4n) is 1.55. The molecule has 0 bridgehead atoms. The second-order valence-corrected chi connectivity index (χ2v) is 3.33. The first-order valence-corrected chi connectivity index (χ1v) is 4.78. The van der Waals surface area contributed by atoms with E-state index in [4.69, 9.17) is 5.73 Å². The van der Waals surface area contributed by atoms with Crippen molar-refractivity contribution in [3.8, 4) is 0 Å². The molecule has 0 aliphatic rings. The molecule has 0 aromatic carbocycles. The topological polar surface area (TPSA) is 60.1 Å². The third kappa shape index (κ3) is 2.60. The summed E-state index contributed by atoms with van der Waals surface area (Å²) in [5, 5.41) is 3.21. The number of carbonyl (C=O) groups excluding carboxylic acids is 1. The van der Waals surface area contributed by atoms with Crippen LogP contribution in [0.5, 0.6) is 0 Å². The van der Waals surface area contributed by atoms with Gasteiger partial charge in [-0.3, -0.25) is 4.79 Å². The summed E-state index contributed by atoms with van der Waals surface area (Å²) in [4.78, 5) is 10.7. The van der Waals surface area contributed by atoms with E-state index < -0.39 is 0 Å². The molecule has 0 fully saturated rings. The normalized spacial score (nSPS) is 12.7. The van der Waals surface area contributed by atoms with Gasteiger partial charge < -0.3 is 15.6 Å². The molecule has 1 amide bonds. The van der Waals surface area contributed by atoms with Crippen LogP contribution in [-0.2, 0) is 11.3 Å². The Morgan fingerprint density at radius 1 is 1.71 bits per heavy atom. The summed E-state index contributed by atoms with van der Waals surface area (Å²) in [5.74, 6) is -0.315. The number of nitrogens with two attached hydrogens (primary N) is 1. The maximum atomic E-state index is 10.7. The van der Waals surface area contributed by atoms with Crippen LogP contribution in [0.3, 0.4) is 0 Å². The first-order valence-electron chi connectivity index (χ1n) is 4.78. The molecule has 0 saturated heterocycles. The molecule has 78 valence electrons. The molecule has 4 heteroatoms. The summed E-state index contributed by atoms with van der Waals surface area (Å²) in [6, 6.07) is 2.36. The van der Waals surface area contributed by atoms with Gasteiger partial charge in [0.2, 0.25) is 5.91 Å². The SMILES string of the molecule is CCC(NC)c1ccn(CC(N)=O)c1. The zero-order valence-corrected chi connectivity index (χ0v) is 8.66. The highest BCUT2D eigenvalue weighted by atomic mass is 16.1. The van der Waals surface area contributed by atoms with Crippen molar-refractivity contribution in [2.45, 2.75) is 25.9 Å². The number of carbonyl (C=O) groups is 1. The number of primary amides is 1. The summed E-state index contributed by atoms with van der Waals surface area (Å²) in [6.07, 6.45) is 4.85. The molecule has 1 rings (SSSR count). The number of hydrogen-bond donors (Lipinski definition) is 2. The fourth-order valence-corrected chi connectivity index (χ4v) is 1.55. The lowest BCUT2D eigenvalue weighted by molar-refractivity contribution is -0.118. The van der Waals surface area contributed by atoms with Gasteiger partial charge in [0.15, 0.2) is 0 Å². The quantitative estimate of drug-likeness (QED) is 0.724. The predicted molar refractivity (Wildman–Crippen MR) is 55.7 cm³/mol. The summed E-state index contributed by atoms with van der Waals surface area (Å²) in [6.45, 7) is 2.37. The smallest absolute Gasteiger partial charge is 0.237 e. The van der Waals surface area contributed by atoms with Crippen LogP contribution in [0.25, 0.3) is 0 Å². The Labute approximate surface area is 84.1 Å². The van der Waals surface area contributed by atoms with E-state index in [1.165, 1.54) is 5.56 Å². The Morgan fingerprint density at radius 2 is 2.43 bits per heavy atom. The van der Waals surface area contributed by atoms with Gasteiger partial charge >= 0.3 is 0 Å². The molecule has 0 aliphatic carbocycles. The maximum Gasteiger partial charge on any atom is 0.237 e. The minimum Gasteiger partial charge on any atom is -0.368 e. The molecule has 0 aliphatic heterocycles. The molecule has 1 unspecified atom stereocenters. The molecular formula is C10H17N3O. The van der Waals surface area contributed by atoms with Crippen molar-refractivity contribution in [1.82, 2.24) is 9.88 Å². The first-order chi connectivity index (χ1) is 6.67. The van der Waals surface area contributed by atoms with E-state index in [2.05, 4.69) is 12.2 Å². The standard InChI is InChI=1S/C10H17N3O/c1-3-9(12-2)8-4-5-13(6-8)7-10(11)14/h4-6,9,12H,3,7H2,1-2H3,(H2,11,14). The van der Waals surface area contributed by atoms with Crippen molar-refractivity contribution in [2.75, 3.05) is 7.05 Å². The number of nitrogens with zero attached hydrogens (tertiary/aromatic N) is 1. The van der Waals surface area contributed by atoms with Gasteiger partial charge in [0.05, 0.1) is 0 Å². The lowest BCUT2D eigenvalue weighted by atomic mass is 10.1. The van der Waals surface area contributed by atoms with Crippen LogP contribution >= 0.6 is 0 Å². The van der Waals surface area contributed by atoms with Crippen molar-refractivity contribution in [3.63, 3.8) is 0 Å². The van der Waals surface area contributed by atoms with E-state index >= 15 is 0 Å². The van der Waals surface area contributed by atoms with Crippen molar-refractivity contribution >= 4 is 5.91 Å². The number of hydrogen-bond acceptors (Lipinski definition) is 2. The molecule has 0 spiro atoms. The lowest BCUT2D eigenvalue weighted by Gasteiger charge is -2.11. The van der Waals surface area contributed by atoms with Crippen molar-refractivity contribution in [3.05, 3.63) is 24.0 Å². The second-order valence-electron chi connectivity index (χ2n) is 3.33. The molecule has 1 heterocycles. The highest BCUT2D eigenvalue weighted by Gasteiger charge is 2.08. The number of amides is 1. The van der Waals surface area contributed by atoms with Crippen molar-refractivity contribution < 1.29 is 4.79 Å². The fraction of sp³-hybridized carbons (Fsp3) is 0.500. The van der Waals surface area contributed by atoms with E-state index in [1.54, 1.807) is 4.57 Å². The number of rotatable bonds is 5. The molecule has 14 heavy (non-hydrogen) atoms. The third-order valence-corrected chi connectivity index (χ3v) is 2.27. The first kappa shape index (κ1) is 10.8. The van der Waals surface area contributed by atoms with E-state index in [0.29, 0.717) is 6.04 Å². The molecule has 1 aromatic heterocycles. The van der Waals surface area contributed by atoms with Gasteiger partial charge in [-0.15, -0.1) is 0 Å². The van der Waals surface area contributed by atoms with Gasteiger partial charge in [-0.05, 0) is 25.1 Å². The molecule has 0 saturated carbocycles. The average molecular weight is 195 g/mol. The van der Waals surface area contributed by atoms with E-state index in [9.17, 15) is 4.79 Å². The van der Waals surface area contributed by atoms with Crippen LogP contribution in [0.4, 0.5) is 0 Å². The largest absolute Gasteiger partial charge is 0.368 e. The zero-order valence-electron chi connectivity index (χ0n) is 8.66. The Bertz CT molecular complexity index is 302. The van der Waals surface area contributed by atoms with Gasteiger partial charge in [0.1, 0.15) is 6.54 Å². The summed E-state index contributed by atoms with van der Waals surface area (Å²) in [5.41, 5.74) is 6.29. The van der Waals surface area contributed by atoms with E-state index in [1.807, 2.05) is 25.5 Å². The predicted octanol–water partition coefficient (Wildman–Crippen LogP) is 0.644. The summed E-state index contributed by atoms with van der Waals surface area (Å²) >= 11 is 0. The van der Waals surface area contributed by atoms with Gasteiger partial charge in [-0.25, -0.2) is 0 Å². The summed E-state index contributed by atoms with van der Waals surface area (Å²) in [7, 11) is 1.93. The van der Waals surface area contributed by atoms with Crippen LogP contribution < -0.4 is 11.1 Å². The Hall–Kier alpha value is -1.29. The second kappa shape index (κ2) is 4.81. The summed E-state index contributed by atoms with van der Waals surface area (Å²) < 4.78 is 1.80. The van der Waals surface area contributed by atoms with E-state index in [-0.39, 0.29) is 12.5 Å². The van der Waals surface area contributed by atoms with Gasteiger partial charge in [-0.1, -0.05) is 6.92 Å². The van der Waals surface area contributed by atoms with Gasteiger partial charge in [0.25, 0.3) is 0 Å². The van der Waals surface area contributed by atoms with Crippen LogP contribution in [0, 0.1) is 0 Å². The van der Waals surface area contributed by atoms with Crippen molar-refractivity contribution in [2.24, 2.45) is 5.73 Å². The molecule has 4 nitrogen and oxygen atoms in total. The van der Waals surface area contributed by atoms with Crippen LogP contribution in [-0.4, -0.2) is 17.5 Å². The monoisotopic (exact) mass is 195 g/mol. The molecule has 3 N–H and O–H groups in total. The van der Waals surface area contributed by atoms with Gasteiger partial charge in [0, 0.05) is 18.4 Å². The Kier molecular flexibility index (Phi) is 3.71. The number of aromatic nitrogens is 1. The lowest BCUT2D eigenvalue weighted by Crippen LogP contribution is -2.18. The minimum absolute atomic E-state index is 0.250. The average Bonchev–Trinajstić information content (AvgIpc) is 2.54. The molecule has 1 aromatic rings.